The minimum absolute atomic E-state index is 0. The molecule has 0 aromatic heterocycles. The van der Waals surface area contributed by atoms with Crippen molar-refractivity contribution in [3.05, 3.63) is 0 Å². The Balaban J connectivity index is -0.0000000135. The maximum Gasteiger partial charge on any atom is 0.503 e. The van der Waals surface area contributed by atoms with Crippen LogP contribution in [0.4, 0.5) is 14.4 Å². The third-order valence-corrected chi connectivity index (χ3v) is 0. The fraction of sp³-hybridized carbons (Fsp3) is 0. The molecule has 13 heteroatoms. The molecule has 0 aromatic carbocycles. The predicted molar refractivity (Wildman–Crippen MR) is 61.1 cm³/mol. The van der Waals surface area contributed by atoms with Gasteiger partial charge < -0.3 is 30.6 Å². The number of rotatable bonds is 0. The zero-order valence-electron chi connectivity index (χ0n) is 5.82. The summed E-state index contributed by atoms with van der Waals surface area (Å²) in [5, 5.41) is 41.8. The Morgan fingerprint density at radius 3 is 0.562 bits per heavy atom. The summed E-state index contributed by atoms with van der Waals surface area (Å²) in [6.45, 7) is 0. The molecule has 16 heavy (non-hydrogen) atoms. The molecule has 0 rings (SSSR count). The molecule has 0 saturated carbocycles. The van der Waals surface area contributed by atoms with E-state index in [2.05, 4.69) is 0 Å². The molecule has 0 aliphatic carbocycles. The smallest absolute Gasteiger partial charge is 0.450 e. The summed E-state index contributed by atoms with van der Waals surface area (Å²) in [6, 6.07) is 0. The van der Waals surface area contributed by atoms with Crippen molar-refractivity contribution in [2.75, 3.05) is 0 Å². The summed E-state index contributed by atoms with van der Waals surface area (Å²) in [7, 11) is 0. The first kappa shape index (κ1) is 45.0. The van der Waals surface area contributed by atoms with E-state index in [1.165, 1.54) is 0 Å². The molecule has 0 aliphatic heterocycles. The van der Waals surface area contributed by atoms with Crippen LogP contribution in [0.15, 0.2) is 0 Å². The lowest BCUT2D eigenvalue weighted by Crippen LogP contribution is -1.81. The fourth-order valence-corrected chi connectivity index (χ4v) is 0. The van der Waals surface area contributed by atoms with Gasteiger partial charge in [-0.1, -0.05) is 0 Å². The van der Waals surface area contributed by atoms with Crippen molar-refractivity contribution >= 4 is 76.2 Å². The molecule has 0 spiro atoms. The lowest BCUT2D eigenvalue weighted by atomic mass is 11.5. The molecule has 0 bridgehead atoms. The molecule has 0 heterocycles. The van der Waals surface area contributed by atoms with Gasteiger partial charge in [-0.25, -0.2) is 14.4 Å². The van der Waals surface area contributed by atoms with Gasteiger partial charge in [0.05, 0.1) is 0 Å². The van der Waals surface area contributed by atoms with E-state index in [4.69, 9.17) is 45.0 Å². The van der Waals surface area contributed by atoms with Crippen molar-refractivity contribution in [2.45, 2.75) is 0 Å². The molecule has 0 aliphatic rings. The van der Waals surface area contributed by atoms with Gasteiger partial charge in [0.1, 0.15) is 0 Å². The summed E-state index contributed by atoms with van der Waals surface area (Å²) in [5.41, 5.74) is 0. The van der Waals surface area contributed by atoms with Gasteiger partial charge in [-0.3, -0.25) is 0 Å². The van der Waals surface area contributed by atoms with Crippen LogP contribution in [0, 0.1) is 0 Å². The van der Waals surface area contributed by atoms with Crippen LogP contribution in [-0.2, 0) is 5.48 Å². The highest BCUT2D eigenvalue weighted by Crippen LogP contribution is 1.43. The van der Waals surface area contributed by atoms with Crippen LogP contribution >= 0.6 is 0 Å². The van der Waals surface area contributed by atoms with Crippen LogP contribution in [0.5, 0.6) is 0 Å². The molecule has 2 radical (unpaired) electrons. The van der Waals surface area contributed by atoms with Crippen LogP contribution in [0.1, 0.15) is 0 Å². The minimum Gasteiger partial charge on any atom is -0.450 e. The van der Waals surface area contributed by atoms with Crippen LogP contribution in [0.3, 0.4) is 0 Å². The number of carbonyl (C=O) groups is 3. The van der Waals surface area contributed by atoms with E-state index in [1.54, 1.807) is 0 Å². The second kappa shape index (κ2) is 36.5. The molecule has 94 valence electrons. The molecule has 0 aromatic rings. The van der Waals surface area contributed by atoms with Gasteiger partial charge in [-0.15, -0.1) is 0 Å². The summed E-state index contributed by atoms with van der Waals surface area (Å²) in [5.74, 6) is 0. The summed E-state index contributed by atoms with van der Waals surface area (Å²) < 4.78 is 0. The molecule has 0 saturated heterocycles. The normalized spacial score (nSPS) is 4.50. The lowest BCUT2D eigenvalue weighted by molar-refractivity contribution is 0.135. The first-order chi connectivity index (χ1) is 5.20. The summed E-state index contributed by atoms with van der Waals surface area (Å²) >= 11 is 0. The third-order valence-electron chi connectivity index (χ3n) is 0. The van der Waals surface area contributed by atoms with Crippen molar-refractivity contribution in [1.82, 2.24) is 0 Å². The van der Waals surface area contributed by atoms with Gasteiger partial charge in [-0.05, 0) is 0 Å². The Hall–Kier alpha value is -0.399. The molecular formula is C3H14Al2MgO10. The molecule has 0 unspecified atom stereocenters. The summed E-state index contributed by atoms with van der Waals surface area (Å²) in [4.78, 5) is 25.7. The number of carboxylic acid groups (broad SMARTS) is 6. The van der Waals surface area contributed by atoms with E-state index in [9.17, 15) is 0 Å². The monoisotopic (exact) mass is 288 g/mol. The molecule has 10 nitrogen and oxygen atoms in total. The van der Waals surface area contributed by atoms with E-state index in [1.807, 2.05) is 0 Å². The molecule has 0 atom stereocenters. The number of hydrogen-bond acceptors (Lipinski definition) is 3. The molecule has 0 amide bonds. The quantitative estimate of drug-likeness (QED) is 0.256. The Kier molecular flexibility index (Phi) is 103. The van der Waals surface area contributed by atoms with Crippen molar-refractivity contribution in [2.24, 2.45) is 0 Å². The zero-order valence-corrected chi connectivity index (χ0v) is 5.82. The average molecular weight is 288 g/mol. The highest BCUT2D eigenvalue weighted by atomic mass is 27.0. The first-order valence-electron chi connectivity index (χ1n) is 1.95. The second-order valence-electron chi connectivity index (χ2n) is 0.848. The SMILES string of the molecule is O=C(O)O.O=C(O)O.O=C(O)O.[AlH3].[AlH3].[MgH2].[O]. The van der Waals surface area contributed by atoms with Crippen molar-refractivity contribution in [3.63, 3.8) is 0 Å². The standard InChI is InChI=1S/3CH2O3.2Al.Mg.O.8H/c3*2-1(3)4;;;;;;;;;;;;/h3*(H2,2,3,4);;;;;;;;;;;;. The Morgan fingerprint density at radius 2 is 0.562 bits per heavy atom. The Labute approximate surface area is 126 Å². The number of hydrogen-bond donors (Lipinski definition) is 6. The van der Waals surface area contributed by atoms with E-state index < -0.39 is 18.5 Å². The maximum absolute atomic E-state index is 8.56. The van der Waals surface area contributed by atoms with E-state index in [-0.39, 0.29) is 63.3 Å². The van der Waals surface area contributed by atoms with Gasteiger partial charge in [0.15, 0.2) is 34.7 Å². The first-order valence-corrected chi connectivity index (χ1v) is 1.95. The van der Waals surface area contributed by atoms with Crippen LogP contribution in [0.25, 0.3) is 0 Å². The van der Waals surface area contributed by atoms with E-state index in [0.29, 0.717) is 0 Å². The van der Waals surface area contributed by atoms with Crippen molar-refractivity contribution in [3.8, 4) is 0 Å². The molecule has 0 fully saturated rings. The topological polar surface area (TPSA) is 201 Å². The van der Waals surface area contributed by atoms with Gasteiger partial charge in [0.25, 0.3) is 0 Å². The van der Waals surface area contributed by atoms with Crippen LogP contribution in [-0.4, -0.2) is 107 Å². The van der Waals surface area contributed by atoms with Crippen molar-refractivity contribution < 1.29 is 50.5 Å². The summed E-state index contributed by atoms with van der Waals surface area (Å²) in [6.07, 6.45) is -5.50. The average Bonchev–Trinajstić information content (AvgIpc) is 1.54. The maximum atomic E-state index is 8.56. The predicted octanol–water partition coefficient (Wildman–Crippen LogP) is -2.74. The minimum atomic E-state index is -1.83. The highest BCUT2D eigenvalue weighted by molar-refractivity contribution is 5.76. The zero-order chi connectivity index (χ0) is 10.7. The van der Waals surface area contributed by atoms with E-state index >= 15 is 0 Å². The Bertz CT molecular complexity index is 122. The van der Waals surface area contributed by atoms with Crippen LogP contribution < -0.4 is 0 Å². The van der Waals surface area contributed by atoms with Gasteiger partial charge in [-0.2, -0.15) is 0 Å². The molecular weight excluding hydrogens is 274 g/mol. The van der Waals surface area contributed by atoms with Gasteiger partial charge in [0, 0.05) is 5.48 Å². The largest absolute Gasteiger partial charge is 0.503 e. The third kappa shape index (κ3) is 13600. The van der Waals surface area contributed by atoms with Gasteiger partial charge >= 0.3 is 41.5 Å². The highest BCUT2D eigenvalue weighted by Gasteiger charge is 1.70. The van der Waals surface area contributed by atoms with E-state index in [0.717, 1.165) is 0 Å². The van der Waals surface area contributed by atoms with Crippen molar-refractivity contribution in [1.29, 1.82) is 0 Å². The second-order valence-corrected chi connectivity index (χ2v) is 0.848. The van der Waals surface area contributed by atoms with Gasteiger partial charge in [0.2, 0.25) is 0 Å². The Morgan fingerprint density at radius 1 is 0.562 bits per heavy atom. The molecule has 6 N–H and O–H groups in total. The van der Waals surface area contributed by atoms with Crippen LogP contribution in [0.2, 0.25) is 0 Å². The fourth-order valence-electron chi connectivity index (χ4n) is 0. The lowest BCUT2D eigenvalue weighted by Gasteiger charge is -1.60.